The predicted molar refractivity (Wildman–Crippen MR) is 71.8 cm³/mol. The Balaban J connectivity index is 1.95. The summed E-state index contributed by atoms with van der Waals surface area (Å²) in [4.78, 5) is 10.8. The molecular weight excluding hydrogens is 252 g/mol. The fourth-order valence-corrected chi connectivity index (χ4v) is 2.08. The topological polar surface area (TPSA) is 64.4 Å². The van der Waals surface area contributed by atoms with Crippen LogP contribution in [0.4, 0.5) is 5.69 Å². The quantitative estimate of drug-likeness (QED) is 0.513. The predicted octanol–water partition coefficient (Wildman–Crippen LogP) is 2.04. The third kappa shape index (κ3) is 3.24. The Kier molecular flexibility index (Phi) is 4.22. The Bertz CT molecular complexity index is 458. The van der Waals surface area contributed by atoms with Gasteiger partial charge in [-0.05, 0) is 12.8 Å². The van der Waals surface area contributed by atoms with Gasteiger partial charge in [0.05, 0.1) is 11.0 Å². The van der Waals surface area contributed by atoms with Gasteiger partial charge in [0.2, 0.25) is 0 Å². The van der Waals surface area contributed by atoms with E-state index in [4.69, 9.17) is 17.0 Å². The van der Waals surface area contributed by atoms with Crippen LogP contribution in [0.1, 0.15) is 18.4 Å². The lowest BCUT2D eigenvalue weighted by Gasteiger charge is -2.12. The highest BCUT2D eigenvalue weighted by Crippen LogP contribution is 2.14. The van der Waals surface area contributed by atoms with Crippen LogP contribution < -0.4 is 5.32 Å². The lowest BCUT2D eigenvalue weighted by molar-refractivity contribution is -0.384. The van der Waals surface area contributed by atoms with Crippen molar-refractivity contribution in [2.75, 3.05) is 13.2 Å². The molecule has 2 rings (SSSR count). The highest BCUT2D eigenvalue weighted by Gasteiger charge is 2.16. The molecule has 0 amide bonds. The molecule has 18 heavy (non-hydrogen) atoms. The fourth-order valence-electron chi connectivity index (χ4n) is 1.87. The third-order valence-electron chi connectivity index (χ3n) is 2.83. The molecule has 0 saturated carbocycles. The molecule has 0 bridgehead atoms. The molecule has 0 radical (unpaired) electrons. The summed E-state index contributed by atoms with van der Waals surface area (Å²) in [6, 6.07) is 6.32. The molecule has 1 fully saturated rings. The molecule has 1 heterocycles. The lowest BCUT2D eigenvalue weighted by Crippen LogP contribution is -2.31. The van der Waals surface area contributed by atoms with Crippen molar-refractivity contribution in [3.05, 3.63) is 39.9 Å². The molecular formula is C12H14N2O3S. The summed E-state index contributed by atoms with van der Waals surface area (Å²) in [6.45, 7) is 1.46. The van der Waals surface area contributed by atoms with Gasteiger partial charge in [-0.2, -0.15) is 0 Å². The zero-order valence-corrected chi connectivity index (χ0v) is 10.6. The van der Waals surface area contributed by atoms with E-state index < -0.39 is 4.92 Å². The van der Waals surface area contributed by atoms with Crippen LogP contribution >= 0.6 is 12.2 Å². The molecule has 96 valence electrons. The number of nitrogens with one attached hydrogen (secondary N) is 1. The van der Waals surface area contributed by atoms with Gasteiger partial charge in [0.1, 0.15) is 4.99 Å². The molecule has 0 aromatic heterocycles. The van der Waals surface area contributed by atoms with Gasteiger partial charge in [-0.25, -0.2) is 0 Å². The molecule has 5 nitrogen and oxygen atoms in total. The summed E-state index contributed by atoms with van der Waals surface area (Å²) in [5.74, 6) is 0. The molecule has 1 saturated heterocycles. The van der Waals surface area contributed by atoms with Gasteiger partial charge in [0.15, 0.2) is 0 Å². The lowest BCUT2D eigenvalue weighted by atomic mass is 10.2. The second-order valence-corrected chi connectivity index (χ2v) is 4.56. The zero-order chi connectivity index (χ0) is 13.0. The van der Waals surface area contributed by atoms with Gasteiger partial charge >= 0.3 is 0 Å². The van der Waals surface area contributed by atoms with E-state index in [2.05, 4.69) is 5.32 Å². The summed E-state index contributed by atoms with van der Waals surface area (Å²) in [7, 11) is 0. The van der Waals surface area contributed by atoms with E-state index in [1.165, 1.54) is 12.1 Å². The van der Waals surface area contributed by atoms with Crippen LogP contribution in [0.25, 0.3) is 0 Å². The van der Waals surface area contributed by atoms with Gasteiger partial charge in [-0.3, -0.25) is 10.1 Å². The van der Waals surface area contributed by atoms with E-state index in [-0.39, 0.29) is 11.8 Å². The van der Waals surface area contributed by atoms with Crippen molar-refractivity contribution in [3.63, 3.8) is 0 Å². The maximum absolute atomic E-state index is 10.7. The molecule has 1 aliphatic rings. The van der Waals surface area contributed by atoms with Gasteiger partial charge < -0.3 is 10.1 Å². The number of hydrogen-bond acceptors (Lipinski definition) is 4. The van der Waals surface area contributed by atoms with E-state index in [1.807, 2.05) is 0 Å². The van der Waals surface area contributed by atoms with Crippen LogP contribution in [-0.4, -0.2) is 29.2 Å². The Labute approximate surface area is 110 Å². The number of hydrogen-bond donors (Lipinski definition) is 1. The molecule has 1 N–H and O–H groups in total. The smallest absolute Gasteiger partial charge is 0.270 e. The van der Waals surface area contributed by atoms with Crippen molar-refractivity contribution < 1.29 is 9.66 Å². The molecule has 0 aliphatic carbocycles. The summed E-state index contributed by atoms with van der Waals surface area (Å²) in [5.41, 5.74) is 0.714. The van der Waals surface area contributed by atoms with E-state index in [0.29, 0.717) is 17.1 Å². The number of non-ortho nitro benzene ring substituents is 1. The Hall–Kier alpha value is -1.53. The summed E-state index contributed by atoms with van der Waals surface area (Å²) < 4.78 is 5.47. The number of benzene rings is 1. The molecule has 0 spiro atoms. The fraction of sp³-hybridized carbons (Fsp3) is 0.417. The van der Waals surface area contributed by atoms with E-state index >= 15 is 0 Å². The second kappa shape index (κ2) is 5.88. The average molecular weight is 266 g/mol. The largest absolute Gasteiger partial charge is 0.376 e. The number of nitro benzene ring substituents is 1. The standard InChI is InChI=1S/C12H14N2O3S/c15-14(16)10-4-1-3-9(7-10)12(18)13-8-11-5-2-6-17-11/h1,3-4,7,11H,2,5-6,8H2,(H,13,18)/t11-/m1/s1. The van der Waals surface area contributed by atoms with Gasteiger partial charge in [0, 0.05) is 30.8 Å². The van der Waals surface area contributed by atoms with Crippen LogP contribution in [-0.2, 0) is 4.74 Å². The maximum atomic E-state index is 10.7. The second-order valence-electron chi connectivity index (χ2n) is 4.15. The van der Waals surface area contributed by atoms with Crippen LogP contribution in [0.2, 0.25) is 0 Å². The zero-order valence-electron chi connectivity index (χ0n) is 9.80. The minimum Gasteiger partial charge on any atom is -0.376 e. The van der Waals surface area contributed by atoms with Crippen molar-refractivity contribution in [1.29, 1.82) is 0 Å². The van der Waals surface area contributed by atoms with Crippen molar-refractivity contribution in [3.8, 4) is 0 Å². The molecule has 1 atom stereocenters. The number of thiocarbonyl (C=S) groups is 1. The first-order valence-electron chi connectivity index (χ1n) is 5.81. The maximum Gasteiger partial charge on any atom is 0.270 e. The molecule has 1 aliphatic heterocycles. The Morgan fingerprint density at radius 1 is 1.61 bits per heavy atom. The first kappa shape index (κ1) is 12.9. The average Bonchev–Trinajstić information content (AvgIpc) is 2.89. The summed E-state index contributed by atoms with van der Waals surface area (Å²) in [5, 5.41) is 13.8. The summed E-state index contributed by atoms with van der Waals surface area (Å²) in [6.07, 6.45) is 2.31. The number of nitrogens with zero attached hydrogens (tertiary/aromatic N) is 1. The van der Waals surface area contributed by atoms with E-state index in [9.17, 15) is 10.1 Å². The summed E-state index contributed by atoms with van der Waals surface area (Å²) >= 11 is 5.21. The molecule has 1 aromatic carbocycles. The minimum atomic E-state index is -0.424. The van der Waals surface area contributed by atoms with Crippen LogP contribution in [0.3, 0.4) is 0 Å². The van der Waals surface area contributed by atoms with Crippen LogP contribution in [0.15, 0.2) is 24.3 Å². The highest BCUT2D eigenvalue weighted by atomic mass is 32.1. The van der Waals surface area contributed by atoms with Crippen molar-refractivity contribution in [2.24, 2.45) is 0 Å². The molecule has 1 aromatic rings. The van der Waals surface area contributed by atoms with Gasteiger partial charge in [-0.15, -0.1) is 0 Å². The normalized spacial score (nSPS) is 18.6. The SMILES string of the molecule is O=[N+]([O-])c1cccc(C(=S)NC[C@H]2CCCO2)c1. The van der Waals surface area contributed by atoms with Crippen molar-refractivity contribution >= 4 is 22.9 Å². The number of nitro groups is 1. The van der Waals surface area contributed by atoms with Crippen molar-refractivity contribution in [2.45, 2.75) is 18.9 Å². The number of ether oxygens (including phenoxy) is 1. The van der Waals surface area contributed by atoms with E-state index in [0.717, 1.165) is 19.4 Å². The monoisotopic (exact) mass is 266 g/mol. The van der Waals surface area contributed by atoms with Gasteiger partial charge in [-0.1, -0.05) is 24.4 Å². The third-order valence-corrected chi connectivity index (χ3v) is 3.21. The van der Waals surface area contributed by atoms with E-state index in [1.54, 1.807) is 12.1 Å². The molecule has 0 unspecified atom stereocenters. The Morgan fingerprint density at radius 2 is 2.44 bits per heavy atom. The van der Waals surface area contributed by atoms with Crippen LogP contribution in [0.5, 0.6) is 0 Å². The minimum absolute atomic E-state index is 0.0498. The van der Waals surface area contributed by atoms with Crippen molar-refractivity contribution in [1.82, 2.24) is 5.32 Å². The van der Waals surface area contributed by atoms with Crippen LogP contribution in [0, 0.1) is 10.1 Å². The number of rotatable bonds is 4. The Morgan fingerprint density at radius 3 is 3.11 bits per heavy atom. The molecule has 6 heteroatoms. The first-order valence-corrected chi connectivity index (χ1v) is 6.22. The van der Waals surface area contributed by atoms with Gasteiger partial charge in [0.25, 0.3) is 5.69 Å². The first-order chi connectivity index (χ1) is 8.66. The highest BCUT2D eigenvalue weighted by molar-refractivity contribution is 7.80.